The fourth-order valence-electron chi connectivity index (χ4n) is 5.46. The summed E-state index contributed by atoms with van der Waals surface area (Å²) in [6.07, 6.45) is 14.6. The van der Waals surface area contributed by atoms with Crippen LogP contribution in [0, 0.1) is 0 Å². The van der Waals surface area contributed by atoms with Gasteiger partial charge in [-0.25, -0.2) is 0 Å². The van der Waals surface area contributed by atoms with E-state index in [4.69, 9.17) is 12.7 Å². The molecule has 0 aromatic rings. The second kappa shape index (κ2) is 20.0. The molecule has 0 bridgehead atoms. The van der Waals surface area contributed by atoms with Crippen molar-refractivity contribution in [1.82, 2.24) is 0 Å². The zero-order chi connectivity index (χ0) is 30.1. The Hall–Kier alpha value is 0.988. The van der Waals surface area contributed by atoms with Crippen molar-refractivity contribution < 1.29 is 30.8 Å². The van der Waals surface area contributed by atoms with Crippen LogP contribution in [0.1, 0.15) is 160 Å². The maximum absolute atomic E-state index is 7.77. The molecule has 0 aliphatic carbocycles. The van der Waals surface area contributed by atoms with E-state index in [-0.39, 0.29) is 11.2 Å². The van der Waals surface area contributed by atoms with Gasteiger partial charge in [0.15, 0.2) is 0 Å². The van der Waals surface area contributed by atoms with E-state index in [9.17, 15) is 0 Å². The second-order valence-electron chi connectivity index (χ2n) is 14.1. The van der Waals surface area contributed by atoms with E-state index in [0.717, 1.165) is 0 Å². The van der Waals surface area contributed by atoms with Gasteiger partial charge in [-0.2, -0.15) is 0 Å². The van der Waals surface area contributed by atoms with Crippen molar-refractivity contribution in [1.29, 1.82) is 0 Å². The first kappa shape index (κ1) is 40.0. The molecule has 0 fully saturated rings. The zero-order valence-electron chi connectivity index (χ0n) is 28.9. The molecule has 0 aliphatic rings. The molecule has 0 aromatic carbocycles. The van der Waals surface area contributed by atoms with Gasteiger partial charge in [-0.05, 0) is 0 Å². The molecule has 0 radical (unpaired) electrons. The molecule has 0 amide bonds. The molecule has 0 rings (SSSR count). The molecule has 0 aromatic heterocycles. The van der Waals surface area contributed by atoms with Crippen LogP contribution >= 0.6 is 0 Å². The Kier molecular flexibility index (Phi) is 20.5. The standard InChI is InChI=1S/2C12H27OSi.2C4H9O.Ti/c2*1-4-7-10-14(13,11-8-5-2)12-9-6-3;2*1-4(2,3)5;/h2*4-12H2,1-3H3;2*1-3H3;/q4*-1;+4. The van der Waals surface area contributed by atoms with E-state index in [1.54, 1.807) is 0 Å². The summed E-state index contributed by atoms with van der Waals surface area (Å²) in [5.41, 5.74) is -0.766. The minimum atomic E-state index is -4.24. The van der Waals surface area contributed by atoms with Gasteiger partial charge in [0.05, 0.1) is 0 Å². The molecule has 0 atom stereocenters. The van der Waals surface area contributed by atoms with Crippen LogP contribution in [0.2, 0.25) is 36.3 Å². The summed E-state index contributed by atoms with van der Waals surface area (Å²) in [7, 11) is -4.31. The Bertz CT molecular complexity index is 508. The van der Waals surface area contributed by atoms with Gasteiger partial charge in [-0.1, -0.05) is 0 Å². The second-order valence-corrected chi connectivity index (χ2v) is 26.4. The molecule has 4 nitrogen and oxygen atoms in total. The van der Waals surface area contributed by atoms with Gasteiger partial charge in [-0.3, -0.25) is 0 Å². The predicted molar refractivity (Wildman–Crippen MR) is 174 cm³/mol. The number of unbranched alkanes of at least 4 members (excludes halogenated alkanes) is 6. The SMILES string of the molecule is CCCC[Si](CCCC)(CCCC)[O][Ti]([O]C(C)(C)C)([O]C(C)(C)C)[O][Si](CCCC)(CCCC)CCCC. The Balaban J connectivity index is 7.13. The van der Waals surface area contributed by atoms with E-state index in [1.165, 1.54) is 113 Å². The maximum atomic E-state index is 7.77. The average molecular weight is 625 g/mol. The van der Waals surface area contributed by atoms with E-state index in [0.29, 0.717) is 0 Å². The molecule has 0 heterocycles. The Morgan fingerprint density at radius 3 is 0.769 bits per heavy atom. The number of rotatable bonds is 24. The molecule has 0 aliphatic heterocycles. The van der Waals surface area contributed by atoms with Gasteiger partial charge in [0.2, 0.25) is 0 Å². The van der Waals surface area contributed by atoms with Crippen molar-refractivity contribution in [2.24, 2.45) is 0 Å². The molecular formula is C32H72O4Si2Ti. The molecule has 0 N–H and O–H groups in total. The summed E-state index contributed by atoms with van der Waals surface area (Å²) in [6, 6.07) is 7.22. The van der Waals surface area contributed by atoms with Crippen LogP contribution in [0.15, 0.2) is 0 Å². The van der Waals surface area contributed by atoms with E-state index >= 15 is 0 Å². The van der Waals surface area contributed by atoms with Crippen LogP contribution < -0.4 is 0 Å². The third-order valence-corrected chi connectivity index (χ3v) is 25.5. The molecule has 0 spiro atoms. The van der Waals surface area contributed by atoms with Gasteiger partial charge >= 0.3 is 255 Å². The van der Waals surface area contributed by atoms with Crippen molar-refractivity contribution in [2.75, 3.05) is 0 Å². The number of hydrogen-bond acceptors (Lipinski definition) is 4. The summed E-state index contributed by atoms with van der Waals surface area (Å²) in [5.74, 6) is 0. The van der Waals surface area contributed by atoms with Crippen molar-refractivity contribution in [3.05, 3.63) is 0 Å². The van der Waals surface area contributed by atoms with Crippen molar-refractivity contribution in [2.45, 2.75) is 208 Å². The third kappa shape index (κ3) is 17.6. The van der Waals surface area contributed by atoms with E-state index in [1.807, 2.05) is 0 Å². The molecule has 0 unspecified atom stereocenters. The first-order valence-corrected chi connectivity index (χ1v) is 24.6. The third-order valence-electron chi connectivity index (χ3n) is 7.46. The quantitative estimate of drug-likeness (QED) is 0.100. The van der Waals surface area contributed by atoms with E-state index < -0.39 is 34.8 Å². The molecule has 0 saturated carbocycles. The normalized spacial score (nSPS) is 13.8. The predicted octanol–water partition coefficient (Wildman–Crippen LogP) is 12.2. The van der Waals surface area contributed by atoms with E-state index in [2.05, 4.69) is 83.1 Å². The van der Waals surface area contributed by atoms with Crippen LogP contribution in [-0.2, 0) is 30.8 Å². The van der Waals surface area contributed by atoms with Crippen LogP contribution in [0.25, 0.3) is 0 Å². The van der Waals surface area contributed by atoms with Gasteiger partial charge in [-0.15, -0.1) is 0 Å². The molecule has 7 heteroatoms. The first-order chi connectivity index (χ1) is 18.2. The van der Waals surface area contributed by atoms with Crippen LogP contribution in [0.3, 0.4) is 0 Å². The van der Waals surface area contributed by atoms with Gasteiger partial charge < -0.3 is 0 Å². The fraction of sp³-hybridized carbons (Fsp3) is 1.00. The van der Waals surface area contributed by atoms with Crippen molar-refractivity contribution in [3.63, 3.8) is 0 Å². The fourth-order valence-corrected chi connectivity index (χ4v) is 26.6. The Labute approximate surface area is 254 Å². The van der Waals surface area contributed by atoms with Gasteiger partial charge in [0.25, 0.3) is 0 Å². The summed E-state index contributed by atoms with van der Waals surface area (Å²) in [6.45, 7) is 27.0. The minimum absolute atomic E-state index is 0.383. The number of hydrogen-bond donors (Lipinski definition) is 0. The summed E-state index contributed by atoms with van der Waals surface area (Å²) < 4.78 is 29.9. The van der Waals surface area contributed by atoms with Crippen LogP contribution in [-0.4, -0.2) is 27.8 Å². The summed E-state index contributed by atoms with van der Waals surface area (Å²) >= 11 is -4.24. The molecular weight excluding hydrogens is 552 g/mol. The van der Waals surface area contributed by atoms with Crippen molar-refractivity contribution >= 4 is 16.6 Å². The Morgan fingerprint density at radius 1 is 0.410 bits per heavy atom. The first-order valence-electron chi connectivity index (χ1n) is 17.0. The molecule has 236 valence electrons. The topological polar surface area (TPSA) is 36.9 Å². The van der Waals surface area contributed by atoms with Gasteiger partial charge in [0, 0.05) is 0 Å². The molecule has 39 heavy (non-hydrogen) atoms. The molecule has 0 saturated heterocycles. The monoisotopic (exact) mass is 624 g/mol. The Morgan fingerprint density at radius 2 is 0.615 bits per heavy atom. The summed E-state index contributed by atoms with van der Waals surface area (Å²) in [4.78, 5) is 0. The summed E-state index contributed by atoms with van der Waals surface area (Å²) in [5, 5.41) is 0. The van der Waals surface area contributed by atoms with Crippen LogP contribution in [0.4, 0.5) is 0 Å². The average Bonchev–Trinajstić information content (AvgIpc) is 2.83. The van der Waals surface area contributed by atoms with Crippen molar-refractivity contribution in [3.8, 4) is 0 Å². The zero-order valence-corrected chi connectivity index (χ0v) is 32.4. The van der Waals surface area contributed by atoms with Gasteiger partial charge in [0.1, 0.15) is 0 Å². The van der Waals surface area contributed by atoms with Crippen LogP contribution in [0.5, 0.6) is 0 Å².